The molecule has 0 radical (unpaired) electrons. The van der Waals surface area contributed by atoms with Crippen LogP contribution >= 0.6 is 0 Å². The molecule has 0 aliphatic heterocycles. The van der Waals surface area contributed by atoms with Gasteiger partial charge < -0.3 is 21.7 Å². The Labute approximate surface area is 163 Å². The molecule has 142 valence electrons. The quantitative estimate of drug-likeness (QED) is 0.503. The number of carbonyl (C=O) groups is 2. The van der Waals surface area contributed by atoms with Crippen LogP contribution in [0.1, 0.15) is 17.3 Å². The Kier molecular flexibility index (Phi) is 5.91. The van der Waals surface area contributed by atoms with Gasteiger partial charge >= 0.3 is 0 Å². The minimum Gasteiger partial charge on any atom is -0.374 e. The van der Waals surface area contributed by atoms with Gasteiger partial charge in [-0.25, -0.2) is 0 Å². The SMILES string of the molecule is CC(Nc1ccc(Nc2ccccc2)cc1)C(=O)Nc1ccc(C(N)=O)cc1. The molecule has 28 heavy (non-hydrogen) atoms. The van der Waals surface area contributed by atoms with Gasteiger partial charge in [0.1, 0.15) is 6.04 Å². The van der Waals surface area contributed by atoms with Gasteiger partial charge in [0.25, 0.3) is 0 Å². The molecular formula is C22H22N4O2. The summed E-state index contributed by atoms with van der Waals surface area (Å²) in [6.45, 7) is 1.78. The molecule has 0 aromatic heterocycles. The van der Waals surface area contributed by atoms with Crippen molar-refractivity contribution in [2.75, 3.05) is 16.0 Å². The number of para-hydroxylation sites is 1. The first-order valence-electron chi connectivity index (χ1n) is 8.91. The number of anilines is 4. The molecule has 3 aromatic rings. The molecule has 0 aliphatic rings. The highest BCUT2D eigenvalue weighted by Gasteiger charge is 2.13. The van der Waals surface area contributed by atoms with Crippen LogP contribution in [0.2, 0.25) is 0 Å². The van der Waals surface area contributed by atoms with Gasteiger partial charge in [0.05, 0.1) is 0 Å². The van der Waals surface area contributed by atoms with E-state index in [1.165, 1.54) is 0 Å². The summed E-state index contributed by atoms with van der Waals surface area (Å²) in [6.07, 6.45) is 0. The highest BCUT2D eigenvalue weighted by molar-refractivity contribution is 5.97. The molecule has 0 fully saturated rings. The van der Waals surface area contributed by atoms with Crippen LogP contribution in [0, 0.1) is 0 Å². The highest BCUT2D eigenvalue weighted by Crippen LogP contribution is 2.19. The third-order valence-corrected chi connectivity index (χ3v) is 4.16. The minimum atomic E-state index is -0.502. The summed E-state index contributed by atoms with van der Waals surface area (Å²) in [6, 6.07) is 23.6. The first kappa shape index (κ1) is 19.0. The summed E-state index contributed by atoms with van der Waals surface area (Å²) in [5.74, 6) is -0.684. The molecule has 6 nitrogen and oxygen atoms in total. The molecule has 3 rings (SSSR count). The number of carbonyl (C=O) groups excluding carboxylic acids is 2. The van der Waals surface area contributed by atoms with E-state index in [1.807, 2.05) is 54.6 Å². The monoisotopic (exact) mass is 374 g/mol. The highest BCUT2D eigenvalue weighted by atomic mass is 16.2. The maximum absolute atomic E-state index is 12.4. The number of benzene rings is 3. The van der Waals surface area contributed by atoms with Crippen LogP contribution < -0.4 is 21.7 Å². The normalized spacial score (nSPS) is 11.3. The van der Waals surface area contributed by atoms with E-state index in [1.54, 1.807) is 31.2 Å². The smallest absolute Gasteiger partial charge is 0.248 e. The summed E-state index contributed by atoms with van der Waals surface area (Å²) in [5, 5.41) is 9.29. The minimum absolute atomic E-state index is 0.182. The molecule has 0 saturated carbocycles. The Balaban J connectivity index is 1.55. The van der Waals surface area contributed by atoms with Crippen LogP contribution in [0.15, 0.2) is 78.9 Å². The second-order valence-corrected chi connectivity index (χ2v) is 6.37. The van der Waals surface area contributed by atoms with Crippen LogP contribution in [-0.2, 0) is 4.79 Å². The lowest BCUT2D eigenvalue weighted by atomic mass is 10.2. The van der Waals surface area contributed by atoms with E-state index in [-0.39, 0.29) is 5.91 Å². The van der Waals surface area contributed by atoms with Crippen molar-refractivity contribution in [1.29, 1.82) is 0 Å². The fourth-order valence-corrected chi connectivity index (χ4v) is 2.62. The average molecular weight is 374 g/mol. The first-order chi connectivity index (χ1) is 13.5. The van der Waals surface area contributed by atoms with Gasteiger partial charge in [-0.1, -0.05) is 18.2 Å². The molecule has 1 unspecified atom stereocenters. The number of hydrogen-bond donors (Lipinski definition) is 4. The van der Waals surface area contributed by atoms with Crippen LogP contribution in [0.3, 0.4) is 0 Å². The van der Waals surface area contributed by atoms with Gasteiger partial charge in [0.15, 0.2) is 0 Å². The fourth-order valence-electron chi connectivity index (χ4n) is 2.62. The van der Waals surface area contributed by atoms with Crippen molar-refractivity contribution < 1.29 is 9.59 Å². The maximum atomic E-state index is 12.4. The van der Waals surface area contributed by atoms with Crippen LogP contribution in [0.25, 0.3) is 0 Å². The average Bonchev–Trinajstić information content (AvgIpc) is 2.70. The van der Waals surface area contributed by atoms with Crippen LogP contribution in [0.4, 0.5) is 22.7 Å². The van der Waals surface area contributed by atoms with Gasteiger partial charge in [-0.3, -0.25) is 9.59 Å². The van der Waals surface area contributed by atoms with Crippen molar-refractivity contribution in [3.63, 3.8) is 0 Å². The third-order valence-electron chi connectivity index (χ3n) is 4.16. The second-order valence-electron chi connectivity index (χ2n) is 6.37. The molecule has 2 amide bonds. The molecular weight excluding hydrogens is 352 g/mol. The van der Waals surface area contributed by atoms with Gasteiger partial charge in [-0.15, -0.1) is 0 Å². The van der Waals surface area contributed by atoms with Crippen LogP contribution in [-0.4, -0.2) is 17.9 Å². The molecule has 0 spiro atoms. The van der Waals surface area contributed by atoms with E-state index in [0.717, 1.165) is 17.1 Å². The number of rotatable bonds is 7. The summed E-state index contributed by atoms with van der Waals surface area (Å²) >= 11 is 0. The summed E-state index contributed by atoms with van der Waals surface area (Å²) in [5.41, 5.74) is 9.02. The second kappa shape index (κ2) is 8.73. The van der Waals surface area contributed by atoms with Gasteiger partial charge in [-0.2, -0.15) is 0 Å². The Bertz CT molecular complexity index is 939. The number of primary amides is 1. The number of nitrogens with two attached hydrogens (primary N) is 1. The summed E-state index contributed by atoms with van der Waals surface area (Å²) < 4.78 is 0. The van der Waals surface area contributed by atoms with Gasteiger partial charge in [0.2, 0.25) is 11.8 Å². The molecule has 5 N–H and O–H groups in total. The first-order valence-corrected chi connectivity index (χ1v) is 8.91. The maximum Gasteiger partial charge on any atom is 0.248 e. The van der Waals surface area contributed by atoms with E-state index in [4.69, 9.17) is 5.73 Å². The summed E-state index contributed by atoms with van der Waals surface area (Å²) in [4.78, 5) is 23.5. The topological polar surface area (TPSA) is 96.2 Å². The fraction of sp³-hybridized carbons (Fsp3) is 0.0909. The van der Waals surface area contributed by atoms with Crippen molar-refractivity contribution in [2.45, 2.75) is 13.0 Å². The number of amides is 2. The third kappa shape index (κ3) is 5.11. The van der Waals surface area contributed by atoms with E-state index in [2.05, 4.69) is 16.0 Å². The zero-order chi connectivity index (χ0) is 19.9. The van der Waals surface area contributed by atoms with Crippen molar-refractivity contribution >= 4 is 34.6 Å². The zero-order valence-electron chi connectivity index (χ0n) is 15.5. The number of hydrogen-bond acceptors (Lipinski definition) is 4. The largest absolute Gasteiger partial charge is 0.374 e. The lowest BCUT2D eigenvalue weighted by Gasteiger charge is -2.16. The van der Waals surface area contributed by atoms with Gasteiger partial charge in [-0.05, 0) is 67.6 Å². The van der Waals surface area contributed by atoms with Crippen molar-refractivity contribution in [2.24, 2.45) is 5.73 Å². The standard InChI is InChI=1S/C22H22N4O2/c1-15(22(28)26-20-9-7-16(8-10-20)21(23)27)24-18-11-13-19(14-12-18)25-17-5-3-2-4-6-17/h2-15,24-25H,1H3,(H2,23,27)(H,26,28). The van der Waals surface area contributed by atoms with E-state index >= 15 is 0 Å². The Morgan fingerprint density at radius 3 is 1.89 bits per heavy atom. The van der Waals surface area contributed by atoms with E-state index in [9.17, 15) is 9.59 Å². The lowest BCUT2D eigenvalue weighted by molar-refractivity contribution is -0.116. The molecule has 3 aromatic carbocycles. The van der Waals surface area contributed by atoms with Crippen molar-refractivity contribution in [3.8, 4) is 0 Å². The Morgan fingerprint density at radius 1 is 0.750 bits per heavy atom. The predicted octanol–water partition coefficient (Wildman–Crippen LogP) is 3.97. The van der Waals surface area contributed by atoms with Crippen LogP contribution in [0.5, 0.6) is 0 Å². The molecule has 1 atom stereocenters. The van der Waals surface area contributed by atoms with Crippen molar-refractivity contribution in [3.05, 3.63) is 84.4 Å². The zero-order valence-corrected chi connectivity index (χ0v) is 15.5. The van der Waals surface area contributed by atoms with Gasteiger partial charge in [0, 0.05) is 28.3 Å². The number of nitrogens with one attached hydrogen (secondary N) is 3. The molecule has 0 bridgehead atoms. The molecule has 0 heterocycles. The molecule has 6 heteroatoms. The lowest BCUT2D eigenvalue weighted by Crippen LogP contribution is -2.31. The van der Waals surface area contributed by atoms with E-state index < -0.39 is 11.9 Å². The molecule has 0 aliphatic carbocycles. The predicted molar refractivity (Wildman–Crippen MR) is 113 cm³/mol. The summed E-state index contributed by atoms with van der Waals surface area (Å²) in [7, 11) is 0. The Hall–Kier alpha value is -3.80. The van der Waals surface area contributed by atoms with Crippen molar-refractivity contribution in [1.82, 2.24) is 0 Å². The Morgan fingerprint density at radius 2 is 1.29 bits per heavy atom. The van der Waals surface area contributed by atoms with E-state index in [0.29, 0.717) is 11.3 Å². The molecule has 0 saturated heterocycles.